The molecule has 2 fully saturated rings. The maximum Gasteiger partial charge on any atom is 0.191 e. The van der Waals surface area contributed by atoms with Crippen LogP contribution in [0.5, 0.6) is 0 Å². The number of nitrogens with two attached hydrogens (primary N) is 1. The smallest absolute Gasteiger partial charge is 0.191 e. The molecule has 0 aromatic rings. The zero-order valence-electron chi connectivity index (χ0n) is 10.5. The molecule has 6 heteroatoms. The molecule has 2 rings (SSSR count). The number of nitrogens with zero attached hydrogens (tertiary/aromatic N) is 3. The average Bonchev–Trinajstić information content (AvgIpc) is 2.73. The first-order valence-corrected chi connectivity index (χ1v) is 7.25. The van der Waals surface area contributed by atoms with Gasteiger partial charge in [-0.2, -0.15) is 11.8 Å². The van der Waals surface area contributed by atoms with Gasteiger partial charge in [0.2, 0.25) is 0 Å². The number of guanidine groups is 1. The molecule has 2 N–H and O–H groups in total. The van der Waals surface area contributed by atoms with Gasteiger partial charge in [0.25, 0.3) is 0 Å². The van der Waals surface area contributed by atoms with Gasteiger partial charge in [0.15, 0.2) is 5.96 Å². The number of halogens is 1. The fraction of sp³-hybridized carbons (Fsp3) is 0.909. The summed E-state index contributed by atoms with van der Waals surface area (Å²) in [5, 5.41) is 0. The lowest BCUT2D eigenvalue weighted by Gasteiger charge is -2.27. The van der Waals surface area contributed by atoms with E-state index < -0.39 is 0 Å². The zero-order chi connectivity index (χ0) is 11.4. The number of hydrogen-bond acceptors (Lipinski definition) is 3. The van der Waals surface area contributed by atoms with Crippen LogP contribution in [0.3, 0.4) is 0 Å². The molecule has 0 bridgehead atoms. The van der Waals surface area contributed by atoms with Crippen LogP contribution in [-0.4, -0.2) is 66.5 Å². The van der Waals surface area contributed by atoms with Crippen molar-refractivity contribution in [3.8, 4) is 0 Å². The molecule has 0 saturated carbocycles. The summed E-state index contributed by atoms with van der Waals surface area (Å²) in [5.74, 6) is 3.11. The highest BCUT2D eigenvalue weighted by molar-refractivity contribution is 14.0. The summed E-state index contributed by atoms with van der Waals surface area (Å²) >= 11 is 2.00. The molecule has 0 aromatic carbocycles. The summed E-state index contributed by atoms with van der Waals surface area (Å²) in [6.45, 7) is 4.19. The van der Waals surface area contributed by atoms with Crippen molar-refractivity contribution in [2.24, 2.45) is 10.7 Å². The second-order valence-electron chi connectivity index (χ2n) is 4.57. The highest BCUT2D eigenvalue weighted by Gasteiger charge is 2.20. The van der Waals surface area contributed by atoms with E-state index in [1.807, 2.05) is 11.8 Å². The Bertz CT molecular complexity index is 256. The maximum atomic E-state index is 6.02. The van der Waals surface area contributed by atoms with E-state index in [1.165, 1.54) is 30.9 Å². The van der Waals surface area contributed by atoms with Gasteiger partial charge in [-0.3, -0.25) is 4.99 Å². The maximum absolute atomic E-state index is 6.02. The average molecular weight is 370 g/mol. The number of thioether (sulfide) groups is 1. The monoisotopic (exact) mass is 370 g/mol. The standard InChI is InChI=1S/C11H22N4S.HI/c1-14-4-2-3-10(14)9-13-11(12)15-5-7-16-8-6-15;/h10H,2-9H2,1H3,(H2,12,13);1H. The van der Waals surface area contributed by atoms with E-state index in [0.29, 0.717) is 6.04 Å². The summed E-state index contributed by atoms with van der Waals surface area (Å²) in [5.41, 5.74) is 6.02. The van der Waals surface area contributed by atoms with Crippen molar-refractivity contribution in [1.29, 1.82) is 0 Å². The predicted molar refractivity (Wildman–Crippen MR) is 86.5 cm³/mol. The minimum atomic E-state index is 0. The molecule has 1 atom stereocenters. The van der Waals surface area contributed by atoms with E-state index >= 15 is 0 Å². The third kappa shape index (κ3) is 4.48. The minimum absolute atomic E-state index is 0. The summed E-state index contributed by atoms with van der Waals surface area (Å²) in [6, 6.07) is 0.609. The van der Waals surface area contributed by atoms with Crippen molar-refractivity contribution in [1.82, 2.24) is 9.80 Å². The van der Waals surface area contributed by atoms with Crippen molar-refractivity contribution in [3.63, 3.8) is 0 Å². The number of likely N-dealkylation sites (tertiary alicyclic amines) is 1. The van der Waals surface area contributed by atoms with E-state index in [-0.39, 0.29) is 24.0 Å². The van der Waals surface area contributed by atoms with Crippen LogP contribution in [-0.2, 0) is 0 Å². The largest absolute Gasteiger partial charge is 0.370 e. The van der Waals surface area contributed by atoms with E-state index in [0.717, 1.165) is 25.6 Å². The molecule has 0 aliphatic carbocycles. The third-order valence-electron chi connectivity index (χ3n) is 3.47. The molecule has 0 spiro atoms. The first-order valence-electron chi connectivity index (χ1n) is 6.10. The Kier molecular flexibility index (Phi) is 6.94. The van der Waals surface area contributed by atoms with E-state index in [9.17, 15) is 0 Å². The lowest BCUT2D eigenvalue weighted by atomic mass is 10.2. The van der Waals surface area contributed by atoms with Crippen LogP contribution in [0.2, 0.25) is 0 Å². The zero-order valence-corrected chi connectivity index (χ0v) is 13.6. The molecular weight excluding hydrogens is 347 g/mol. The van der Waals surface area contributed by atoms with Gasteiger partial charge < -0.3 is 15.5 Å². The highest BCUT2D eigenvalue weighted by Crippen LogP contribution is 2.15. The first kappa shape index (κ1) is 15.4. The Labute approximate surface area is 125 Å². The summed E-state index contributed by atoms with van der Waals surface area (Å²) in [7, 11) is 2.18. The molecule has 0 amide bonds. The Balaban J connectivity index is 0.00000144. The molecule has 2 aliphatic heterocycles. The Hall–Kier alpha value is 0.310. The number of hydrogen-bond donors (Lipinski definition) is 1. The molecular formula is C11H23IN4S. The first-order chi connectivity index (χ1) is 7.77. The van der Waals surface area contributed by atoms with Crippen LogP contribution in [0.1, 0.15) is 12.8 Å². The van der Waals surface area contributed by atoms with Crippen molar-refractivity contribution in [2.45, 2.75) is 18.9 Å². The molecule has 2 heterocycles. The van der Waals surface area contributed by atoms with Crippen molar-refractivity contribution in [3.05, 3.63) is 0 Å². The van der Waals surface area contributed by atoms with Crippen molar-refractivity contribution < 1.29 is 0 Å². The fourth-order valence-electron chi connectivity index (χ4n) is 2.30. The fourth-order valence-corrected chi connectivity index (χ4v) is 3.20. The molecule has 0 aromatic heterocycles. The van der Waals surface area contributed by atoms with Crippen LogP contribution < -0.4 is 5.73 Å². The van der Waals surface area contributed by atoms with Crippen LogP contribution in [0.25, 0.3) is 0 Å². The second-order valence-corrected chi connectivity index (χ2v) is 5.80. The van der Waals surface area contributed by atoms with Gasteiger partial charge in [-0.1, -0.05) is 0 Å². The van der Waals surface area contributed by atoms with Gasteiger partial charge in [0, 0.05) is 30.6 Å². The van der Waals surface area contributed by atoms with Crippen LogP contribution in [0.4, 0.5) is 0 Å². The van der Waals surface area contributed by atoms with Crippen LogP contribution in [0, 0.1) is 0 Å². The Morgan fingerprint density at radius 2 is 2.06 bits per heavy atom. The molecule has 0 radical (unpaired) electrons. The van der Waals surface area contributed by atoms with Gasteiger partial charge >= 0.3 is 0 Å². The minimum Gasteiger partial charge on any atom is -0.370 e. The van der Waals surface area contributed by atoms with E-state index in [1.54, 1.807) is 0 Å². The topological polar surface area (TPSA) is 44.9 Å². The van der Waals surface area contributed by atoms with Gasteiger partial charge in [0.05, 0.1) is 6.54 Å². The van der Waals surface area contributed by atoms with Crippen LogP contribution in [0.15, 0.2) is 4.99 Å². The molecule has 2 aliphatic rings. The van der Waals surface area contributed by atoms with E-state index in [4.69, 9.17) is 5.73 Å². The van der Waals surface area contributed by atoms with Gasteiger partial charge in [-0.25, -0.2) is 0 Å². The predicted octanol–water partition coefficient (Wildman–Crippen LogP) is 1.06. The highest BCUT2D eigenvalue weighted by atomic mass is 127. The SMILES string of the molecule is CN1CCCC1CN=C(N)N1CCSCC1.I. The summed E-state index contributed by atoms with van der Waals surface area (Å²) in [6.07, 6.45) is 2.57. The van der Waals surface area contributed by atoms with Gasteiger partial charge in [-0.05, 0) is 26.4 Å². The second kappa shape index (κ2) is 7.68. The van der Waals surface area contributed by atoms with E-state index in [2.05, 4.69) is 21.8 Å². The van der Waals surface area contributed by atoms with Crippen LogP contribution >= 0.6 is 35.7 Å². The molecule has 1 unspecified atom stereocenters. The summed E-state index contributed by atoms with van der Waals surface area (Å²) in [4.78, 5) is 9.16. The normalized spacial score (nSPS) is 27.0. The Morgan fingerprint density at radius 3 is 2.65 bits per heavy atom. The van der Waals surface area contributed by atoms with Gasteiger partial charge in [0.1, 0.15) is 0 Å². The molecule has 100 valence electrons. The molecule has 2 saturated heterocycles. The lowest BCUT2D eigenvalue weighted by Crippen LogP contribution is -2.43. The Morgan fingerprint density at radius 1 is 1.35 bits per heavy atom. The van der Waals surface area contributed by atoms with Gasteiger partial charge in [-0.15, -0.1) is 24.0 Å². The summed E-state index contributed by atoms with van der Waals surface area (Å²) < 4.78 is 0. The van der Waals surface area contributed by atoms with Crippen molar-refractivity contribution >= 4 is 41.7 Å². The number of rotatable bonds is 2. The lowest BCUT2D eigenvalue weighted by molar-refractivity contribution is 0.316. The number of aliphatic imine (C=N–C) groups is 1. The van der Waals surface area contributed by atoms with Crippen molar-refractivity contribution in [2.75, 3.05) is 44.7 Å². The quantitative estimate of drug-likeness (QED) is 0.449. The number of likely N-dealkylation sites (N-methyl/N-ethyl adjacent to an activating group) is 1. The molecule has 17 heavy (non-hydrogen) atoms. The third-order valence-corrected chi connectivity index (χ3v) is 4.41. The molecule has 4 nitrogen and oxygen atoms in total.